The fourth-order valence-electron chi connectivity index (χ4n) is 1.27. The van der Waals surface area contributed by atoms with Crippen LogP contribution in [0.1, 0.15) is 12.5 Å². The average molecular weight is 262 g/mol. The Labute approximate surface area is 112 Å². The summed E-state index contributed by atoms with van der Waals surface area (Å²) in [7, 11) is 0. The molecule has 0 heterocycles. The Hall–Kier alpha value is -1.91. The van der Waals surface area contributed by atoms with Crippen LogP contribution in [0, 0.1) is 0 Å². The maximum Gasteiger partial charge on any atom is 0.333 e. The van der Waals surface area contributed by atoms with Crippen molar-refractivity contribution >= 4 is 12.0 Å². The maximum absolute atomic E-state index is 11.5. The van der Waals surface area contributed by atoms with Gasteiger partial charge in [-0.2, -0.15) is 0 Å². The second-order valence-corrected chi connectivity index (χ2v) is 4.05. The summed E-state index contributed by atoms with van der Waals surface area (Å²) in [5.41, 5.74) is 1.47. The van der Waals surface area contributed by atoms with Crippen molar-refractivity contribution in [1.82, 2.24) is 0 Å². The third-order valence-corrected chi connectivity index (χ3v) is 2.37. The van der Waals surface area contributed by atoms with Crippen molar-refractivity contribution in [2.75, 3.05) is 13.2 Å². The van der Waals surface area contributed by atoms with Gasteiger partial charge in [0.15, 0.2) is 0 Å². The molecule has 1 aromatic carbocycles. The first kappa shape index (κ1) is 15.1. The van der Waals surface area contributed by atoms with E-state index in [1.165, 1.54) is 0 Å². The van der Waals surface area contributed by atoms with E-state index in [1.54, 1.807) is 19.1 Å². The second kappa shape index (κ2) is 8.24. The Kier molecular flexibility index (Phi) is 6.57. The normalized spacial score (nSPS) is 13.5. The van der Waals surface area contributed by atoms with Gasteiger partial charge in [-0.25, -0.2) is 4.79 Å². The molecule has 0 aromatic heterocycles. The molecule has 1 unspecified atom stereocenters. The molecule has 0 aliphatic carbocycles. The van der Waals surface area contributed by atoms with Crippen molar-refractivity contribution in [1.29, 1.82) is 0 Å². The van der Waals surface area contributed by atoms with Gasteiger partial charge in [0.1, 0.15) is 12.7 Å². The van der Waals surface area contributed by atoms with E-state index in [9.17, 15) is 4.79 Å². The number of aliphatic hydroxyl groups excluding tert-OH is 2. The number of allylic oxidation sites excluding steroid dienone is 2. The molecule has 0 aliphatic heterocycles. The molecule has 1 rings (SSSR count). The Bertz CT molecular complexity index is 448. The zero-order chi connectivity index (χ0) is 14.1. The van der Waals surface area contributed by atoms with Crippen molar-refractivity contribution in [2.24, 2.45) is 0 Å². The third kappa shape index (κ3) is 5.99. The van der Waals surface area contributed by atoms with E-state index >= 15 is 0 Å². The molecule has 0 bridgehead atoms. The number of ether oxygens (including phenoxy) is 1. The molecule has 102 valence electrons. The number of carbonyl (C=O) groups is 1. The summed E-state index contributed by atoms with van der Waals surface area (Å²) in [6.45, 7) is 0.996. The summed E-state index contributed by atoms with van der Waals surface area (Å²) < 4.78 is 4.81. The van der Waals surface area contributed by atoms with Gasteiger partial charge in [-0.3, -0.25) is 0 Å². The van der Waals surface area contributed by atoms with Crippen LogP contribution in [0.4, 0.5) is 0 Å². The summed E-state index contributed by atoms with van der Waals surface area (Å²) in [5, 5.41) is 17.6. The number of rotatable bonds is 6. The van der Waals surface area contributed by atoms with Crippen molar-refractivity contribution in [3.63, 3.8) is 0 Å². The van der Waals surface area contributed by atoms with Gasteiger partial charge in [-0.05, 0) is 12.5 Å². The minimum atomic E-state index is -1.03. The van der Waals surface area contributed by atoms with Gasteiger partial charge in [0.25, 0.3) is 0 Å². The Morgan fingerprint density at radius 3 is 2.68 bits per heavy atom. The summed E-state index contributed by atoms with van der Waals surface area (Å²) >= 11 is 0. The molecule has 1 aromatic rings. The Morgan fingerprint density at radius 2 is 2.05 bits per heavy atom. The lowest BCUT2D eigenvalue weighted by atomic mass is 10.2. The molecule has 0 spiro atoms. The molecule has 2 N–H and O–H groups in total. The van der Waals surface area contributed by atoms with Gasteiger partial charge >= 0.3 is 5.97 Å². The molecule has 0 amide bonds. The SMILES string of the molecule is CC(=CC=Cc1ccccc1)C(=O)OCC(O)CO. The van der Waals surface area contributed by atoms with Gasteiger partial charge in [-0.15, -0.1) is 0 Å². The highest BCUT2D eigenvalue weighted by atomic mass is 16.5. The standard InChI is InChI=1S/C15H18O4/c1-12(15(18)19-11-14(17)10-16)6-5-9-13-7-3-2-4-8-13/h2-9,14,16-17H,10-11H2,1H3. The van der Waals surface area contributed by atoms with Crippen molar-refractivity contribution in [3.05, 3.63) is 53.6 Å². The highest BCUT2D eigenvalue weighted by Crippen LogP contribution is 2.03. The molecule has 4 nitrogen and oxygen atoms in total. The summed E-state index contributed by atoms with van der Waals surface area (Å²) in [4.78, 5) is 11.5. The van der Waals surface area contributed by atoms with Crippen LogP contribution in [0.25, 0.3) is 6.08 Å². The minimum Gasteiger partial charge on any atom is -0.459 e. The van der Waals surface area contributed by atoms with Crippen LogP contribution >= 0.6 is 0 Å². The van der Waals surface area contributed by atoms with E-state index < -0.39 is 18.7 Å². The van der Waals surface area contributed by atoms with Gasteiger partial charge < -0.3 is 14.9 Å². The zero-order valence-corrected chi connectivity index (χ0v) is 10.8. The van der Waals surface area contributed by atoms with Crippen LogP contribution in [0.5, 0.6) is 0 Å². The van der Waals surface area contributed by atoms with Crippen LogP contribution in [0.3, 0.4) is 0 Å². The van der Waals surface area contributed by atoms with Crippen LogP contribution in [-0.4, -0.2) is 35.5 Å². The number of carbonyl (C=O) groups excluding carboxylic acids is 1. The first-order valence-electron chi connectivity index (χ1n) is 5.99. The Morgan fingerprint density at radius 1 is 1.37 bits per heavy atom. The smallest absolute Gasteiger partial charge is 0.333 e. The minimum absolute atomic E-state index is 0.205. The van der Waals surface area contributed by atoms with E-state index in [0.717, 1.165) is 5.56 Å². The topological polar surface area (TPSA) is 66.8 Å². The number of hydrogen-bond acceptors (Lipinski definition) is 4. The summed E-state index contributed by atoms with van der Waals surface area (Å²) in [6, 6.07) is 9.70. The first-order valence-corrected chi connectivity index (χ1v) is 5.99. The van der Waals surface area contributed by atoms with Gasteiger partial charge in [-0.1, -0.05) is 48.6 Å². The van der Waals surface area contributed by atoms with Crippen molar-refractivity contribution in [3.8, 4) is 0 Å². The highest BCUT2D eigenvalue weighted by Gasteiger charge is 2.08. The number of benzene rings is 1. The van der Waals surface area contributed by atoms with E-state index in [1.807, 2.05) is 36.4 Å². The van der Waals surface area contributed by atoms with Crippen molar-refractivity contribution < 1.29 is 19.7 Å². The molecule has 4 heteroatoms. The number of esters is 1. The fourth-order valence-corrected chi connectivity index (χ4v) is 1.27. The quantitative estimate of drug-likeness (QED) is 0.463. The van der Waals surface area contributed by atoms with Gasteiger partial charge in [0.05, 0.1) is 6.61 Å². The lowest BCUT2D eigenvalue weighted by molar-refractivity contribution is -0.142. The van der Waals surface area contributed by atoms with Crippen LogP contribution in [0.2, 0.25) is 0 Å². The summed E-state index contributed by atoms with van der Waals surface area (Å²) in [6.07, 6.45) is 4.24. The van der Waals surface area contributed by atoms with Crippen LogP contribution in [-0.2, 0) is 9.53 Å². The molecule has 0 radical (unpaired) electrons. The fraction of sp³-hybridized carbons (Fsp3) is 0.267. The first-order chi connectivity index (χ1) is 9.13. The summed E-state index contributed by atoms with van der Waals surface area (Å²) in [5.74, 6) is -0.509. The van der Waals surface area contributed by atoms with E-state index in [-0.39, 0.29) is 6.61 Å². The van der Waals surface area contributed by atoms with Crippen LogP contribution in [0.15, 0.2) is 48.1 Å². The zero-order valence-electron chi connectivity index (χ0n) is 10.8. The number of aliphatic hydroxyl groups is 2. The molecule has 0 fully saturated rings. The van der Waals surface area contributed by atoms with Gasteiger partial charge in [0.2, 0.25) is 0 Å². The van der Waals surface area contributed by atoms with E-state index in [0.29, 0.717) is 5.57 Å². The molecule has 0 saturated heterocycles. The average Bonchev–Trinajstić information content (AvgIpc) is 2.45. The third-order valence-electron chi connectivity index (χ3n) is 2.37. The molecule has 19 heavy (non-hydrogen) atoms. The molecular formula is C15H18O4. The van der Waals surface area contributed by atoms with Crippen LogP contribution < -0.4 is 0 Å². The molecular weight excluding hydrogens is 244 g/mol. The largest absolute Gasteiger partial charge is 0.459 e. The number of hydrogen-bond donors (Lipinski definition) is 2. The lowest BCUT2D eigenvalue weighted by Gasteiger charge is -2.08. The van der Waals surface area contributed by atoms with E-state index in [4.69, 9.17) is 14.9 Å². The molecule has 0 aliphatic rings. The lowest BCUT2D eigenvalue weighted by Crippen LogP contribution is -2.22. The van der Waals surface area contributed by atoms with E-state index in [2.05, 4.69) is 0 Å². The predicted molar refractivity (Wildman–Crippen MR) is 73.3 cm³/mol. The molecule has 1 atom stereocenters. The molecule has 0 saturated carbocycles. The van der Waals surface area contributed by atoms with Gasteiger partial charge in [0, 0.05) is 5.57 Å². The monoisotopic (exact) mass is 262 g/mol. The van der Waals surface area contributed by atoms with Crippen molar-refractivity contribution in [2.45, 2.75) is 13.0 Å². The second-order valence-electron chi connectivity index (χ2n) is 4.05. The maximum atomic E-state index is 11.5. The Balaban J connectivity index is 2.48. The highest BCUT2D eigenvalue weighted by molar-refractivity contribution is 5.88. The predicted octanol–water partition coefficient (Wildman–Crippen LogP) is 1.54.